The number of nitrogens with zero attached hydrogens (tertiary/aromatic N) is 1. The van der Waals surface area contributed by atoms with Gasteiger partial charge in [-0.05, 0) is 68.2 Å². The van der Waals surface area contributed by atoms with Gasteiger partial charge in [0, 0.05) is 11.0 Å². The number of esters is 1. The van der Waals surface area contributed by atoms with Gasteiger partial charge in [-0.1, -0.05) is 42.5 Å². The first kappa shape index (κ1) is 24.4. The van der Waals surface area contributed by atoms with E-state index in [9.17, 15) is 4.79 Å². The van der Waals surface area contributed by atoms with E-state index >= 15 is 0 Å². The third-order valence-corrected chi connectivity index (χ3v) is 5.90. The summed E-state index contributed by atoms with van der Waals surface area (Å²) in [5.74, 6) is 0.530. The Bertz CT molecular complexity index is 1100. The molecule has 0 saturated heterocycles. The van der Waals surface area contributed by atoms with Gasteiger partial charge in [-0.2, -0.15) is 0 Å². The lowest BCUT2D eigenvalue weighted by atomic mass is 10.1. The molecule has 0 aliphatic carbocycles. The summed E-state index contributed by atoms with van der Waals surface area (Å²) in [6, 6.07) is 17.9. The van der Waals surface area contributed by atoms with Crippen LogP contribution in [0.1, 0.15) is 48.6 Å². The zero-order valence-corrected chi connectivity index (χ0v) is 20.1. The average molecular weight is 463 g/mol. The third-order valence-electron chi connectivity index (χ3n) is 4.90. The number of allylic oxidation sites excluding steroid dienone is 2. The van der Waals surface area contributed by atoms with Crippen molar-refractivity contribution in [3.8, 4) is 5.75 Å². The summed E-state index contributed by atoms with van der Waals surface area (Å²) in [6.45, 7) is 6.38. The minimum absolute atomic E-state index is 0.189. The fourth-order valence-corrected chi connectivity index (χ4v) is 4.04. The summed E-state index contributed by atoms with van der Waals surface area (Å²) in [5.41, 5.74) is 11.0. The zero-order chi connectivity index (χ0) is 23.6. The predicted molar refractivity (Wildman–Crippen MR) is 134 cm³/mol. The second kappa shape index (κ2) is 12.1. The van der Waals surface area contributed by atoms with Crippen LogP contribution in [0.2, 0.25) is 0 Å². The first-order valence-electron chi connectivity index (χ1n) is 10.9. The number of aromatic nitrogens is 1. The number of nitrogens with two attached hydrogens (primary N) is 1. The highest BCUT2D eigenvalue weighted by molar-refractivity contribution is 7.09. The highest BCUT2D eigenvalue weighted by Gasteiger charge is 2.12. The third kappa shape index (κ3) is 7.70. The summed E-state index contributed by atoms with van der Waals surface area (Å²) in [7, 11) is 0. The van der Waals surface area contributed by atoms with E-state index in [0.717, 1.165) is 33.2 Å². The average Bonchev–Trinajstić information content (AvgIpc) is 3.28. The van der Waals surface area contributed by atoms with Crippen LogP contribution in [0.15, 0.2) is 77.2 Å². The van der Waals surface area contributed by atoms with Crippen molar-refractivity contribution in [2.45, 2.75) is 39.8 Å². The van der Waals surface area contributed by atoms with E-state index in [1.807, 2.05) is 73.0 Å². The number of rotatable bonds is 10. The Morgan fingerprint density at radius 1 is 1.09 bits per heavy atom. The fraction of sp³-hybridized carbons (Fsp3) is 0.259. The maximum absolute atomic E-state index is 11.8. The van der Waals surface area contributed by atoms with Gasteiger partial charge in [-0.15, -0.1) is 11.3 Å². The van der Waals surface area contributed by atoms with E-state index in [1.165, 1.54) is 0 Å². The van der Waals surface area contributed by atoms with Crippen LogP contribution < -0.4 is 10.5 Å². The second-order valence-electron chi connectivity index (χ2n) is 7.78. The van der Waals surface area contributed by atoms with Crippen LogP contribution in [0.4, 0.5) is 0 Å². The zero-order valence-electron chi connectivity index (χ0n) is 19.3. The molecule has 1 aromatic heterocycles. The van der Waals surface area contributed by atoms with Gasteiger partial charge in [0.05, 0.1) is 18.3 Å². The molecule has 0 radical (unpaired) electrons. The van der Waals surface area contributed by atoms with Crippen molar-refractivity contribution in [2.75, 3.05) is 6.61 Å². The number of thiazole rings is 1. The molecule has 1 atom stereocenters. The van der Waals surface area contributed by atoms with Gasteiger partial charge in [-0.25, -0.2) is 9.78 Å². The number of carbonyl (C=O) groups excluding carboxylic acids is 1. The smallest absolute Gasteiger partial charge is 0.333 e. The SMILES string of the molecule is CCOC(=O)/C(C)=C\C(C)=C\c1csc([C@@H](N)Cc2ccc(OCc3ccccc3)cc2)n1. The van der Waals surface area contributed by atoms with E-state index in [2.05, 4.69) is 4.98 Å². The summed E-state index contributed by atoms with van der Waals surface area (Å²) in [4.78, 5) is 16.4. The molecule has 2 N–H and O–H groups in total. The lowest BCUT2D eigenvalue weighted by molar-refractivity contribution is -0.138. The maximum Gasteiger partial charge on any atom is 0.333 e. The molecular weight excluding hydrogens is 432 g/mol. The molecule has 6 heteroatoms. The largest absolute Gasteiger partial charge is 0.489 e. The Balaban J connectivity index is 1.56. The normalized spacial score (nSPS) is 13.0. The standard InChI is InChI=1S/C27H30N2O3S/c1-4-31-27(30)20(3)14-19(2)15-23-18-33-26(29-23)25(28)16-21-10-12-24(13-11-21)32-17-22-8-6-5-7-9-22/h5-15,18,25H,4,16-17,28H2,1-3H3/b19-15+,20-14-/t25-/m0/s1. The topological polar surface area (TPSA) is 74.4 Å². The Labute approximate surface area is 199 Å². The number of ether oxygens (including phenoxy) is 2. The summed E-state index contributed by atoms with van der Waals surface area (Å²) < 4.78 is 10.9. The molecular formula is C27H30N2O3S. The van der Waals surface area contributed by atoms with Crippen LogP contribution in [0, 0.1) is 0 Å². The van der Waals surface area contributed by atoms with Gasteiger partial charge in [-0.3, -0.25) is 0 Å². The van der Waals surface area contributed by atoms with Crippen molar-refractivity contribution >= 4 is 23.4 Å². The van der Waals surface area contributed by atoms with Crippen molar-refractivity contribution < 1.29 is 14.3 Å². The number of hydrogen-bond acceptors (Lipinski definition) is 6. The molecule has 0 saturated carbocycles. The van der Waals surface area contributed by atoms with Gasteiger partial charge in [0.2, 0.25) is 0 Å². The Morgan fingerprint density at radius 3 is 2.52 bits per heavy atom. The highest BCUT2D eigenvalue weighted by atomic mass is 32.1. The maximum atomic E-state index is 11.8. The minimum Gasteiger partial charge on any atom is -0.489 e. The van der Waals surface area contributed by atoms with E-state index < -0.39 is 0 Å². The first-order chi connectivity index (χ1) is 15.9. The van der Waals surface area contributed by atoms with Crippen LogP contribution in [0.25, 0.3) is 6.08 Å². The molecule has 0 amide bonds. The molecule has 33 heavy (non-hydrogen) atoms. The van der Waals surface area contributed by atoms with Gasteiger partial charge in [0.1, 0.15) is 17.4 Å². The van der Waals surface area contributed by atoms with Crippen LogP contribution in [0.5, 0.6) is 5.75 Å². The quantitative estimate of drug-likeness (QED) is 0.231. The second-order valence-corrected chi connectivity index (χ2v) is 8.67. The van der Waals surface area contributed by atoms with Gasteiger partial charge < -0.3 is 15.2 Å². The fourth-order valence-electron chi connectivity index (χ4n) is 3.26. The van der Waals surface area contributed by atoms with Crippen molar-refractivity contribution in [2.24, 2.45) is 5.73 Å². The number of hydrogen-bond donors (Lipinski definition) is 1. The molecule has 0 spiro atoms. The molecule has 2 aromatic carbocycles. The molecule has 0 aliphatic heterocycles. The molecule has 0 unspecified atom stereocenters. The monoisotopic (exact) mass is 462 g/mol. The number of carbonyl (C=O) groups is 1. The van der Waals surface area contributed by atoms with E-state index in [0.29, 0.717) is 25.2 Å². The number of benzene rings is 2. The van der Waals surface area contributed by atoms with Crippen LogP contribution >= 0.6 is 11.3 Å². The van der Waals surface area contributed by atoms with Crippen LogP contribution in [-0.2, 0) is 22.6 Å². The Hall–Kier alpha value is -3.22. The molecule has 0 bridgehead atoms. The minimum atomic E-state index is -0.303. The molecule has 1 heterocycles. The molecule has 3 rings (SSSR count). The summed E-state index contributed by atoms with van der Waals surface area (Å²) in [6.07, 6.45) is 4.43. The van der Waals surface area contributed by atoms with Gasteiger partial charge in [0.15, 0.2) is 0 Å². The van der Waals surface area contributed by atoms with E-state index in [4.69, 9.17) is 15.2 Å². The Morgan fingerprint density at radius 2 is 1.82 bits per heavy atom. The molecule has 0 fully saturated rings. The van der Waals surface area contributed by atoms with Crippen LogP contribution in [-0.4, -0.2) is 17.6 Å². The van der Waals surface area contributed by atoms with Crippen molar-refractivity contribution in [1.82, 2.24) is 4.98 Å². The summed E-state index contributed by atoms with van der Waals surface area (Å²) in [5, 5.41) is 2.86. The highest BCUT2D eigenvalue weighted by Crippen LogP contribution is 2.23. The predicted octanol–water partition coefficient (Wildman–Crippen LogP) is 5.88. The molecule has 172 valence electrons. The van der Waals surface area contributed by atoms with Gasteiger partial charge in [0.25, 0.3) is 0 Å². The molecule has 0 aliphatic rings. The first-order valence-corrected chi connectivity index (χ1v) is 11.8. The van der Waals surface area contributed by atoms with E-state index in [-0.39, 0.29) is 12.0 Å². The van der Waals surface area contributed by atoms with Gasteiger partial charge >= 0.3 is 5.97 Å². The summed E-state index contributed by atoms with van der Waals surface area (Å²) >= 11 is 1.54. The lowest BCUT2D eigenvalue weighted by Gasteiger charge is -2.10. The van der Waals surface area contributed by atoms with Crippen molar-refractivity contribution in [1.29, 1.82) is 0 Å². The molecule has 5 nitrogen and oxygen atoms in total. The van der Waals surface area contributed by atoms with E-state index in [1.54, 1.807) is 31.3 Å². The van der Waals surface area contributed by atoms with Crippen molar-refractivity contribution in [3.63, 3.8) is 0 Å². The van der Waals surface area contributed by atoms with Crippen LogP contribution in [0.3, 0.4) is 0 Å². The lowest BCUT2D eigenvalue weighted by Crippen LogP contribution is -2.13. The Kier molecular flexibility index (Phi) is 8.98. The molecule has 3 aromatic rings. The van der Waals surface area contributed by atoms with Crippen molar-refractivity contribution in [3.05, 3.63) is 99.0 Å².